The summed E-state index contributed by atoms with van der Waals surface area (Å²) in [5.41, 5.74) is 11.0. The zero-order valence-electron chi connectivity index (χ0n) is 17.8. The van der Waals surface area contributed by atoms with Crippen LogP contribution in [0.4, 0.5) is 0 Å². The Hall–Kier alpha value is -2.81. The standard InChI is InChI=1S/C18H33N5O9/c1-9(25)14(20)17(30)22-11(5-6-13(26)27)16(29)21-10(4-2-3-7-19)15(28)23-12(8-24)18(31)32/h9-12,14,24-25H,2-8,19-20H2,1H3,(H,21,29)(H,22,30)(H,23,28)(H,26,27)(H,31,32). The van der Waals surface area contributed by atoms with E-state index in [4.69, 9.17) is 26.8 Å². The minimum absolute atomic E-state index is 0.0688. The Bertz CT molecular complexity index is 659. The second-order valence-corrected chi connectivity index (χ2v) is 7.19. The number of nitrogens with one attached hydrogen (secondary N) is 3. The minimum atomic E-state index is -1.59. The Morgan fingerprint density at radius 3 is 1.78 bits per heavy atom. The predicted molar refractivity (Wildman–Crippen MR) is 110 cm³/mol. The second kappa shape index (κ2) is 15.1. The first kappa shape index (κ1) is 29.2. The SMILES string of the molecule is CC(O)C(N)C(=O)NC(CCC(=O)O)C(=O)NC(CCCCN)C(=O)NC(CO)C(=O)O. The molecule has 0 saturated heterocycles. The van der Waals surface area contributed by atoms with E-state index in [-0.39, 0.29) is 12.8 Å². The van der Waals surface area contributed by atoms with Gasteiger partial charge in [0, 0.05) is 6.42 Å². The molecule has 14 heteroatoms. The molecular formula is C18H33N5O9. The maximum absolute atomic E-state index is 12.7. The number of hydrogen-bond acceptors (Lipinski definition) is 9. The van der Waals surface area contributed by atoms with Crippen molar-refractivity contribution in [3.8, 4) is 0 Å². The summed E-state index contributed by atoms with van der Waals surface area (Å²) in [5, 5.41) is 43.1. The van der Waals surface area contributed by atoms with Gasteiger partial charge in [0.25, 0.3) is 0 Å². The highest BCUT2D eigenvalue weighted by Gasteiger charge is 2.30. The van der Waals surface area contributed by atoms with Crippen LogP contribution < -0.4 is 27.4 Å². The molecule has 184 valence electrons. The van der Waals surface area contributed by atoms with E-state index in [1.165, 1.54) is 6.92 Å². The van der Waals surface area contributed by atoms with Crippen LogP contribution in [0.15, 0.2) is 0 Å². The van der Waals surface area contributed by atoms with Gasteiger partial charge in [-0.15, -0.1) is 0 Å². The van der Waals surface area contributed by atoms with Crippen LogP contribution in [0.5, 0.6) is 0 Å². The smallest absolute Gasteiger partial charge is 0.328 e. The number of carbonyl (C=O) groups excluding carboxylic acids is 3. The second-order valence-electron chi connectivity index (χ2n) is 7.19. The summed E-state index contributed by atoms with van der Waals surface area (Å²) in [6.45, 7) is 0.693. The maximum atomic E-state index is 12.7. The molecule has 0 aromatic heterocycles. The Morgan fingerprint density at radius 2 is 1.34 bits per heavy atom. The van der Waals surface area contributed by atoms with Crippen molar-refractivity contribution in [3.05, 3.63) is 0 Å². The van der Waals surface area contributed by atoms with E-state index in [1.807, 2.05) is 0 Å². The van der Waals surface area contributed by atoms with Crippen molar-refractivity contribution in [2.75, 3.05) is 13.2 Å². The predicted octanol–water partition coefficient (Wildman–Crippen LogP) is -3.78. The summed E-state index contributed by atoms with van der Waals surface area (Å²) in [6.07, 6.45) is -1.09. The van der Waals surface area contributed by atoms with Gasteiger partial charge in [-0.05, 0) is 39.2 Å². The normalized spacial score (nSPS) is 15.5. The lowest BCUT2D eigenvalue weighted by atomic mass is 10.0. The van der Waals surface area contributed by atoms with Crippen LogP contribution >= 0.6 is 0 Å². The van der Waals surface area contributed by atoms with Gasteiger partial charge in [0.1, 0.15) is 24.2 Å². The van der Waals surface area contributed by atoms with E-state index < -0.39 is 73.0 Å². The number of amides is 3. The summed E-state index contributed by atoms with van der Waals surface area (Å²) in [7, 11) is 0. The highest BCUT2D eigenvalue weighted by Crippen LogP contribution is 2.05. The number of nitrogens with two attached hydrogens (primary N) is 2. The monoisotopic (exact) mass is 463 g/mol. The summed E-state index contributed by atoms with van der Waals surface area (Å²) in [5.74, 6) is -5.41. The fourth-order valence-corrected chi connectivity index (χ4v) is 2.52. The zero-order chi connectivity index (χ0) is 24.8. The highest BCUT2D eigenvalue weighted by molar-refractivity contribution is 5.94. The third-order valence-electron chi connectivity index (χ3n) is 4.48. The molecule has 0 aliphatic heterocycles. The van der Waals surface area contributed by atoms with Crippen LogP contribution in [0.1, 0.15) is 39.0 Å². The number of carboxylic acid groups (broad SMARTS) is 2. The average molecular weight is 463 g/mol. The first-order chi connectivity index (χ1) is 14.9. The van der Waals surface area contributed by atoms with Crippen molar-refractivity contribution in [3.63, 3.8) is 0 Å². The van der Waals surface area contributed by atoms with E-state index in [2.05, 4.69) is 16.0 Å². The van der Waals surface area contributed by atoms with Gasteiger partial charge in [-0.3, -0.25) is 19.2 Å². The molecule has 5 unspecified atom stereocenters. The molecule has 5 atom stereocenters. The number of carbonyl (C=O) groups is 5. The fraction of sp³-hybridized carbons (Fsp3) is 0.722. The summed E-state index contributed by atoms with van der Waals surface area (Å²) in [4.78, 5) is 59.3. The average Bonchev–Trinajstić information content (AvgIpc) is 2.72. The Morgan fingerprint density at radius 1 is 0.844 bits per heavy atom. The van der Waals surface area contributed by atoms with Crippen LogP contribution in [0.2, 0.25) is 0 Å². The molecule has 0 bridgehead atoms. The number of aliphatic carboxylic acids is 2. The zero-order valence-corrected chi connectivity index (χ0v) is 17.8. The molecule has 0 spiro atoms. The molecule has 0 heterocycles. The lowest BCUT2D eigenvalue weighted by Crippen LogP contribution is -2.58. The van der Waals surface area contributed by atoms with Crippen LogP contribution in [-0.4, -0.2) is 93.5 Å². The van der Waals surface area contributed by atoms with Gasteiger partial charge in [0.05, 0.1) is 12.7 Å². The van der Waals surface area contributed by atoms with Crippen molar-refractivity contribution < 1.29 is 44.4 Å². The molecule has 0 rings (SSSR count). The maximum Gasteiger partial charge on any atom is 0.328 e. The summed E-state index contributed by atoms with van der Waals surface area (Å²) in [6, 6.07) is -5.60. The number of carboxylic acids is 2. The number of aliphatic hydroxyl groups excluding tert-OH is 2. The molecule has 14 nitrogen and oxygen atoms in total. The van der Waals surface area contributed by atoms with Crippen LogP contribution in [0.3, 0.4) is 0 Å². The lowest BCUT2D eigenvalue weighted by Gasteiger charge is -2.25. The molecule has 3 amide bonds. The van der Waals surface area contributed by atoms with E-state index in [0.29, 0.717) is 19.4 Å². The topological polar surface area (TPSA) is 254 Å². The molecule has 0 saturated carbocycles. The number of hydrogen-bond donors (Lipinski definition) is 9. The van der Waals surface area contributed by atoms with E-state index in [1.54, 1.807) is 0 Å². The van der Waals surface area contributed by atoms with Gasteiger partial charge >= 0.3 is 11.9 Å². The largest absolute Gasteiger partial charge is 0.481 e. The van der Waals surface area contributed by atoms with Crippen LogP contribution in [-0.2, 0) is 24.0 Å². The van der Waals surface area contributed by atoms with Crippen LogP contribution in [0, 0.1) is 0 Å². The molecule has 0 fully saturated rings. The molecule has 0 aromatic rings. The Balaban J connectivity index is 5.48. The first-order valence-corrected chi connectivity index (χ1v) is 10.0. The Kier molecular flexibility index (Phi) is 13.7. The van der Waals surface area contributed by atoms with Gasteiger partial charge in [0.15, 0.2) is 0 Å². The molecular weight excluding hydrogens is 430 g/mol. The molecule has 32 heavy (non-hydrogen) atoms. The van der Waals surface area contributed by atoms with E-state index in [9.17, 15) is 29.1 Å². The van der Waals surface area contributed by atoms with E-state index >= 15 is 0 Å². The van der Waals surface area contributed by atoms with E-state index in [0.717, 1.165) is 0 Å². The van der Waals surface area contributed by atoms with Crippen molar-refractivity contribution in [1.82, 2.24) is 16.0 Å². The number of unbranched alkanes of at least 4 members (excludes halogenated alkanes) is 1. The third kappa shape index (κ3) is 11.0. The van der Waals surface area contributed by atoms with Crippen molar-refractivity contribution in [1.29, 1.82) is 0 Å². The Labute approximate surface area is 184 Å². The minimum Gasteiger partial charge on any atom is -0.481 e. The third-order valence-corrected chi connectivity index (χ3v) is 4.48. The van der Waals surface area contributed by atoms with Crippen molar-refractivity contribution in [2.45, 2.75) is 69.3 Å². The van der Waals surface area contributed by atoms with Crippen LogP contribution in [0.25, 0.3) is 0 Å². The summed E-state index contributed by atoms with van der Waals surface area (Å²) < 4.78 is 0. The molecule has 0 radical (unpaired) electrons. The quantitative estimate of drug-likeness (QED) is 0.100. The number of aliphatic hydroxyl groups is 2. The fourth-order valence-electron chi connectivity index (χ4n) is 2.52. The summed E-state index contributed by atoms with van der Waals surface area (Å²) >= 11 is 0. The van der Waals surface area contributed by atoms with Crippen molar-refractivity contribution >= 4 is 29.7 Å². The number of rotatable bonds is 16. The van der Waals surface area contributed by atoms with Gasteiger partial charge in [0.2, 0.25) is 17.7 Å². The van der Waals surface area contributed by atoms with Crippen molar-refractivity contribution in [2.24, 2.45) is 11.5 Å². The lowest BCUT2D eigenvalue weighted by molar-refractivity contribution is -0.143. The molecule has 11 N–H and O–H groups in total. The molecule has 0 aliphatic carbocycles. The first-order valence-electron chi connectivity index (χ1n) is 10.0. The van der Waals surface area contributed by atoms with Gasteiger partial charge in [-0.2, -0.15) is 0 Å². The van der Waals surface area contributed by atoms with Gasteiger partial charge in [-0.1, -0.05) is 0 Å². The highest BCUT2D eigenvalue weighted by atomic mass is 16.4. The van der Waals surface area contributed by atoms with Gasteiger partial charge in [-0.25, -0.2) is 4.79 Å². The van der Waals surface area contributed by atoms with Gasteiger partial charge < -0.3 is 47.8 Å². The molecule has 0 aliphatic rings. The molecule has 0 aromatic carbocycles.